The van der Waals surface area contributed by atoms with Crippen LogP contribution in [0, 0.1) is 0 Å². The third-order valence-electron chi connectivity index (χ3n) is 5.86. The molecule has 0 fully saturated rings. The van der Waals surface area contributed by atoms with Gasteiger partial charge in [0, 0.05) is 17.8 Å². The quantitative estimate of drug-likeness (QED) is 0.258. The van der Waals surface area contributed by atoms with Crippen molar-refractivity contribution in [2.24, 2.45) is 0 Å². The zero-order valence-corrected chi connectivity index (χ0v) is 21.5. The molecule has 0 radical (unpaired) electrons. The molecule has 0 saturated carbocycles. The molecule has 0 bridgehead atoms. The summed E-state index contributed by atoms with van der Waals surface area (Å²) in [5.74, 6) is -0.296. The highest BCUT2D eigenvalue weighted by atomic mass is 16.5. The Hall–Kier alpha value is -5.17. The van der Waals surface area contributed by atoms with Crippen LogP contribution < -0.4 is 20.7 Å². The van der Waals surface area contributed by atoms with Gasteiger partial charge < -0.3 is 20.7 Å². The highest BCUT2D eigenvalue weighted by Gasteiger charge is 2.15. The number of carbonyl (C=O) groups excluding carboxylic acids is 3. The molecule has 0 aliphatic heterocycles. The maximum Gasteiger partial charge on any atom is 0.272 e. The Balaban J connectivity index is 1.42. The molecule has 0 atom stereocenters. The summed E-state index contributed by atoms with van der Waals surface area (Å²) in [5, 5.41) is 8.45. The van der Waals surface area contributed by atoms with Crippen LogP contribution in [0.2, 0.25) is 0 Å². The molecule has 0 spiro atoms. The summed E-state index contributed by atoms with van der Waals surface area (Å²) in [6.07, 6.45) is 1.82. The normalized spacial score (nSPS) is 10.8. The van der Waals surface area contributed by atoms with E-state index in [0.29, 0.717) is 29.1 Å². The number of nitrogens with one attached hydrogen (secondary N) is 3. The molecular formula is C32H29N3O4. The number of ether oxygens (including phenoxy) is 1. The minimum Gasteiger partial charge on any atom is -0.497 e. The van der Waals surface area contributed by atoms with Crippen LogP contribution in [0.3, 0.4) is 0 Å². The van der Waals surface area contributed by atoms with Crippen LogP contribution in [-0.4, -0.2) is 24.8 Å². The second kappa shape index (κ2) is 13.4. The predicted molar refractivity (Wildman–Crippen MR) is 152 cm³/mol. The van der Waals surface area contributed by atoms with Crippen molar-refractivity contribution in [1.82, 2.24) is 10.6 Å². The van der Waals surface area contributed by atoms with Crippen LogP contribution in [0.4, 0.5) is 5.69 Å². The first-order valence-corrected chi connectivity index (χ1v) is 12.4. The number of hydrogen-bond donors (Lipinski definition) is 3. The van der Waals surface area contributed by atoms with Crippen LogP contribution in [0.15, 0.2) is 115 Å². The highest BCUT2D eigenvalue weighted by Crippen LogP contribution is 2.16. The summed E-state index contributed by atoms with van der Waals surface area (Å²) in [6, 6.07) is 32.5. The van der Waals surface area contributed by atoms with E-state index in [9.17, 15) is 14.4 Å². The largest absolute Gasteiger partial charge is 0.497 e. The number of methoxy groups -OCH3 is 1. The van der Waals surface area contributed by atoms with E-state index in [1.165, 1.54) is 0 Å². The third-order valence-corrected chi connectivity index (χ3v) is 5.86. The van der Waals surface area contributed by atoms with Crippen molar-refractivity contribution in [2.45, 2.75) is 13.0 Å². The topological polar surface area (TPSA) is 96.5 Å². The standard InChI is InChI=1S/C32H29N3O4/c1-39-28-18-14-23(15-19-28)20-29(35-31(37)26-10-6-3-7-11-26)32(38)34-27-16-12-24(13-17-27)21-30(36)33-22-25-8-4-2-5-9-25/h2-20H,21-22H2,1H3,(H,33,36)(H,34,38)(H,35,37). The number of rotatable bonds is 10. The van der Waals surface area contributed by atoms with E-state index in [4.69, 9.17) is 4.74 Å². The Labute approximate surface area is 227 Å². The van der Waals surface area contributed by atoms with E-state index in [2.05, 4.69) is 16.0 Å². The van der Waals surface area contributed by atoms with E-state index in [-0.39, 0.29) is 18.0 Å². The Morgan fingerprint density at radius 1 is 0.744 bits per heavy atom. The Bertz CT molecular complexity index is 1430. The summed E-state index contributed by atoms with van der Waals surface area (Å²) in [4.78, 5) is 38.3. The lowest BCUT2D eigenvalue weighted by atomic mass is 10.1. The average molecular weight is 520 g/mol. The van der Waals surface area contributed by atoms with Crippen LogP contribution >= 0.6 is 0 Å². The van der Waals surface area contributed by atoms with Gasteiger partial charge in [-0.3, -0.25) is 14.4 Å². The molecule has 0 heterocycles. The van der Waals surface area contributed by atoms with Gasteiger partial charge >= 0.3 is 0 Å². The van der Waals surface area contributed by atoms with Gasteiger partial charge in [0.1, 0.15) is 11.4 Å². The van der Waals surface area contributed by atoms with Crippen molar-refractivity contribution in [3.8, 4) is 5.75 Å². The minimum atomic E-state index is -0.483. The van der Waals surface area contributed by atoms with Crippen molar-refractivity contribution in [3.63, 3.8) is 0 Å². The molecule has 7 heteroatoms. The Morgan fingerprint density at radius 2 is 1.38 bits per heavy atom. The highest BCUT2D eigenvalue weighted by molar-refractivity contribution is 6.10. The summed E-state index contributed by atoms with van der Waals surface area (Å²) in [5.41, 5.74) is 3.60. The van der Waals surface area contributed by atoms with Crippen LogP contribution in [0.25, 0.3) is 6.08 Å². The first-order chi connectivity index (χ1) is 19.0. The van der Waals surface area contributed by atoms with E-state index < -0.39 is 11.8 Å². The van der Waals surface area contributed by atoms with E-state index >= 15 is 0 Å². The van der Waals surface area contributed by atoms with E-state index in [0.717, 1.165) is 11.1 Å². The Morgan fingerprint density at radius 3 is 2.03 bits per heavy atom. The molecule has 0 aliphatic carbocycles. The zero-order chi connectivity index (χ0) is 27.5. The van der Waals surface area contributed by atoms with Gasteiger partial charge in [0.2, 0.25) is 5.91 Å². The molecule has 0 saturated heterocycles. The molecule has 39 heavy (non-hydrogen) atoms. The zero-order valence-electron chi connectivity index (χ0n) is 21.5. The van der Waals surface area contributed by atoms with Gasteiger partial charge in [0.25, 0.3) is 11.8 Å². The van der Waals surface area contributed by atoms with Gasteiger partial charge in [0.05, 0.1) is 13.5 Å². The van der Waals surface area contributed by atoms with Crippen LogP contribution in [0.1, 0.15) is 27.0 Å². The third kappa shape index (κ3) is 8.16. The lowest BCUT2D eigenvalue weighted by molar-refractivity contribution is -0.120. The van der Waals surface area contributed by atoms with Gasteiger partial charge in [-0.05, 0) is 59.2 Å². The SMILES string of the molecule is COc1ccc(C=C(NC(=O)c2ccccc2)C(=O)Nc2ccc(CC(=O)NCc3ccccc3)cc2)cc1. The van der Waals surface area contributed by atoms with Gasteiger partial charge in [-0.25, -0.2) is 0 Å². The molecule has 3 amide bonds. The lowest BCUT2D eigenvalue weighted by Gasteiger charge is -2.12. The minimum absolute atomic E-state index is 0.0818. The van der Waals surface area contributed by atoms with Gasteiger partial charge in [-0.15, -0.1) is 0 Å². The van der Waals surface area contributed by atoms with Gasteiger partial charge in [-0.2, -0.15) is 0 Å². The van der Waals surface area contributed by atoms with E-state index in [1.54, 1.807) is 86.0 Å². The number of amides is 3. The second-order valence-corrected chi connectivity index (χ2v) is 8.74. The molecule has 196 valence electrons. The predicted octanol–water partition coefficient (Wildman–Crippen LogP) is 4.96. The fourth-order valence-electron chi connectivity index (χ4n) is 3.76. The molecule has 0 aromatic heterocycles. The monoisotopic (exact) mass is 519 g/mol. The fourth-order valence-corrected chi connectivity index (χ4v) is 3.76. The molecule has 3 N–H and O–H groups in total. The Kier molecular flexibility index (Phi) is 9.23. The molecule has 7 nitrogen and oxygen atoms in total. The average Bonchev–Trinajstić information content (AvgIpc) is 2.98. The molecule has 4 aromatic carbocycles. The molecule has 4 aromatic rings. The molecule has 4 rings (SSSR count). The summed E-state index contributed by atoms with van der Waals surface area (Å²) >= 11 is 0. The van der Waals surface area contributed by atoms with Crippen molar-refractivity contribution >= 4 is 29.5 Å². The van der Waals surface area contributed by atoms with E-state index in [1.807, 2.05) is 36.4 Å². The maximum atomic E-state index is 13.2. The number of hydrogen-bond acceptors (Lipinski definition) is 4. The van der Waals surface area contributed by atoms with Crippen molar-refractivity contribution in [2.75, 3.05) is 12.4 Å². The molecular weight excluding hydrogens is 490 g/mol. The van der Waals surface area contributed by atoms with Crippen LogP contribution in [0.5, 0.6) is 5.75 Å². The van der Waals surface area contributed by atoms with Gasteiger partial charge in [0.15, 0.2) is 0 Å². The summed E-state index contributed by atoms with van der Waals surface area (Å²) in [7, 11) is 1.58. The first-order valence-electron chi connectivity index (χ1n) is 12.4. The first kappa shape index (κ1) is 26.9. The smallest absolute Gasteiger partial charge is 0.272 e. The fraction of sp³-hybridized carbons (Fsp3) is 0.0938. The number of anilines is 1. The number of benzene rings is 4. The van der Waals surface area contributed by atoms with Crippen molar-refractivity contribution in [1.29, 1.82) is 0 Å². The van der Waals surface area contributed by atoms with Crippen molar-refractivity contribution < 1.29 is 19.1 Å². The molecule has 0 aliphatic rings. The lowest BCUT2D eigenvalue weighted by Crippen LogP contribution is -2.30. The number of carbonyl (C=O) groups is 3. The van der Waals surface area contributed by atoms with Gasteiger partial charge in [-0.1, -0.05) is 72.8 Å². The summed E-state index contributed by atoms with van der Waals surface area (Å²) < 4.78 is 5.20. The van der Waals surface area contributed by atoms with Crippen molar-refractivity contribution in [3.05, 3.63) is 137 Å². The summed E-state index contributed by atoms with van der Waals surface area (Å²) in [6.45, 7) is 0.464. The second-order valence-electron chi connectivity index (χ2n) is 8.74. The molecule has 0 unspecified atom stereocenters. The maximum absolute atomic E-state index is 13.2. The van der Waals surface area contributed by atoms with Crippen LogP contribution in [-0.2, 0) is 22.6 Å².